The van der Waals surface area contributed by atoms with E-state index < -0.39 is 5.97 Å². The Labute approximate surface area is 101 Å². The molecular weight excluding hydrogens is 278 g/mol. The molecule has 0 aliphatic heterocycles. The van der Waals surface area contributed by atoms with Gasteiger partial charge >= 0.3 is 5.97 Å². The standard InChI is InChI=1S/C10H8BrNO2S/c11-4-7-2-9(15)6(3-10(13)14)1-8(7)5-12/h1-2,15H,3-4H2,(H,13,14). The quantitative estimate of drug-likeness (QED) is 0.662. The fourth-order valence-corrected chi connectivity index (χ4v) is 1.96. The Hall–Kier alpha value is -0.990. The molecule has 3 nitrogen and oxygen atoms in total. The van der Waals surface area contributed by atoms with Crippen molar-refractivity contribution in [3.63, 3.8) is 0 Å². The summed E-state index contributed by atoms with van der Waals surface area (Å²) in [5, 5.41) is 18.1. The zero-order chi connectivity index (χ0) is 11.4. The summed E-state index contributed by atoms with van der Waals surface area (Å²) in [6, 6.07) is 5.32. The second-order valence-electron chi connectivity index (χ2n) is 2.95. The maximum Gasteiger partial charge on any atom is 0.307 e. The molecule has 0 saturated heterocycles. The van der Waals surface area contributed by atoms with Crippen LogP contribution in [-0.2, 0) is 16.5 Å². The molecule has 1 rings (SSSR count). The highest BCUT2D eigenvalue weighted by molar-refractivity contribution is 9.08. The molecule has 5 heteroatoms. The van der Waals surface area contributed by atoms with E-state index in [-0.39, 0.29) is 6.42 Å². The summed E-state index contributed by atoms with van der Waals surface area (Å²) in [6.45, 7) is 0. The van der Waals surface area contributed by atoms with E-state index in [1.165, 1.54) is 0 Å². The van der Waals surface area contributed by atoms with Crippen LogP contribution >= 0.6 is 28.6 Å². The summed E-state index contributed by atoms with van der Waals surface area (Å²) in [6.07, 6.45) is -0.115. The lowest BCUT2D eigenvalue weighted by molar-refractivity contribution is -0.136. The third kappa shape index (κ3) is 2.98. The smallest absolute Gasteiger partial charge is 0.307 e. The summed E-state index contributed by atoms with van der Waals surface area (Å²) in [5.41, 5.74) is 1.87. The van der Waals surface area contributed by atoms with E-state index in [0.29, 0.717) is 21.4 Å². The van der Waals surface area contributed by atoms with Gasteiger partial charge in [-0.3, -0.25) is 4.79 Å². The molecule has 0 radical (unpaired) electrons. The van der Waals surface area contributed by atoms with Crippen molar-refractivity contribution < 1.29 is 9.90 Å². The number of aliphatic carboxylic acids is 1. The summed E-state index contributed by atoms with van der Waals surface area (Å²) in [4.78, 5) is 11.2. The van der Waals surface area contributed by atoms with E-state index in [0.717, 1.165) is 5.56 Å². The van der Waals surface area contributed by atoms with Crippen LogP contribution in [0.1, 0.15) is 16.7 Å². The van der Waals surface area contributed by atoms with E-state index >= 15 is 0 Å². The number of benzene rings is 1. The summed E-state index contributed by atoms with van der Waals surface area (Å²) in [7, 11) is 0. The lowest BCUT2D eigenvalue weighted by Gasteiger charge is -2.06. The van der Waals surface area contributed by atoms with Gasteiger partial charge in [0.05, 0.1) is 18.1 Å². The Morgan fingerprint density at radius 2 is 2.20 bits per heavy atom. The van der Waals surface area contributed by atoms with Crippen LogP contribution in [0.4, 0.5) is 0 Å². The number of alkyl halides is 1. The highest BCUT2D eigenvalue weighted by Crippen LogP contribution is 2.22. The number of thiol groups is 1. The molecule has 0 aliphatic rings. The minimum Gasteiger partial charge on any atom is -0.481 e. The van der Waals surface area contributed by atoms with E-state index in [2.05, 4.69) is 28.6 Å². The van der Waals surface area contributed by atoms with Crippen molar-refractivity contribution in [2.45, 2.75) is 16.6 Å². The van der Waals surface area contributed by atoms with Crippen LogP contribution in [0.5, 0.6) is 0 Å². The first kappa shape index (κ1) is 12.1. The van der Waals surface area contributed by atoms with Crippen molar-refractivity contribution in [3.05, 3.63) is 28.8 Å². The Morgan fingerprint density at radius 3 is 2.67 bits per heavy atom. The Kier molecular flexibility index (Phi) is 4.18. The molecule has 0 spiro atoms. The number of carboxylic acid groups (broad SMARTS) is 1. The zero-order valence-corrected chi connectivity index (χ0v) is 10.2. The molecule has 15 heavy (non-hydrogen) atoms. The molecule has 0 fully saturated rings. The highest BCUT2D eigenvalue weighted by atomic mass is 79.9. The lowest BCUT2D eigenvalue weighted by Crippen LogP contribution is -2.02. The molecule has 0 bridgehead atoms. The summed E-state index contributed by atoms with van der Waals surface area (Å²) in [5.74, 6) is -0.930. The fraction of sp³-hybridized carbons (Fsp3) is 0.200. The molecule has 1 N–H and O–H groups in total. The second-order valence-corrected chi connectivity index (χ2v) is 4.00. The molecule has 0 unspecified atom stereocenters. The van der Waals surface area contributed by atoms with Crippen LogP contribution < -0.4 is 0 Å². The number of carboxylic acids is 1. The van der Waals surface area contributed by atoms with Gasteiger partial charge in [0.1, 0.15) is 0 Å². The predicted octanol–water partition coefficient (Wildman–Crippen LogP) is 2.37. The normalized spacial score (nSPS) is 9.67. The zero-order valence-electron chi connectivity index (χ0n) is 7.70. The van der Waals surface area contributed by atoms with Gasteiger partial charge in [0.15, 0.2) is 0 Å². The maximum atomic E-state index is 10.5. The minimum atomic E-state index is -0.930. The molecule has 0 amide bonds. The van der Waals surface area contributed by atoms with Crippen molar-refractivity contribution in [2.24, 2.45) is 0 Å². The van der Waals surface area contributed by atoms with E-state index in [9.17, 15) is 4.79 Å². The molecule has 0 heterocycles. The average molecular weight is 286 g/mol. The number of rotatable bonds is 3. The molecule has 0 aromatic heterocycles. The molecule has 78 valence electrons. The summed E-state index contributed by atoms with van der Waals surface area (Å²) >= 11 is 7.45. The molecular formula is C10H8BrNO2S. The molecule has 0 aliphatic carbocycles. The van der Waals surface area contributed by atoms with Crippen LogP contribution in [0.25, 0.3) is 0 Å². The number of hydrogen-bond donors (Lipinski definition) is 2. The van der Waals surface area contributed by atoms with E-state index in [4.69, 9.17) is 10.4 Å². The molecule has 1 aromatic carbocycles. The van der Waals surface area contributed by atoms with Gasteiger partial charge in [-0.15, -0.1) is 12.6 Å². The van der Waals surface area contributed by atoms with E-state index in [1.54, 1.807) is 12.1 Å². The van der Waals surface area contributed by atoms with Crippen LogP contribution in [0.3, 0.4) is 0 Å². The van der Waals surface area contributed by atoms with Gasteiger partial charge in [-0.05, 0) is 23.3 Å². The highest BCUT2D eigenvalue weighted by Gasteiger charge is 2.09. The fourth-order valence-electron chi connectivity index (χ4n) is 1.20. The molecule has 1 aromatic rings. The minimum absolute atomic E-state index is 0.115. The Balaban J connectivity index is 3.21. The van der Waals surface area contributed by atoms with Gasteiger partial charge < -0.3 is 5.11 Å². The second kappa shape index (κ2) is 5.19. The Bertz CT molecular complexity index is 440. The van der Waals surface area contributed by atoms with Crippen molar-refractivity contribution in [2.75, 3.05) is 0 Å². The number of carbonyl (C=O) groups is 1. The third-order valence-corrected chi connectivity index (χ3v) is 2.93. The SMILES string of the molecule is N#Cc1cc(CC(=O)O)c(S)cc1CBr. The largest absolute Gasteiger partial charge is 0.481 e. The third-order valence-electron chi connectivity index (χ3n) is 1.91. The summed E-state index contributed by atoms with van der Waals surface area (Å²) < 4.78 is 0. The van der Waals surface area contributed by atoms with E-state index in [1.807, 2.05) is 6.07 Å². The average Bonchev–Trinajstić information content (AvgIpc) is 2.19. The van der Waals surface area contributed by atoms with Crippen molar-refractivity contribution in [1.82, 2.24) is 0 Å². The van der Waals surface area contributed by atoms with Crippen LogP contribution in [-0.4, -0.2) is 11.1 Å². The predicted molar refractivity (Wildman–Crippen MR) is 62.4 cm³/mol. The van der Waals surface area contributed by atoms with Gasteiger partial charge in [-0.2, -0.15) is 5.26 Å². The number of halogens is 1. The molecule has 0 saturated carbocycles. The van der Waals surface area contributed by atoms with Gasteiger partial charge in [0, 0.05) is 10.2 Å². The van der Waals surface area contributed by atoms with Gasteiger partial charge in [0.2, 0.25) is 0 Å². The topological polar surface area (TPSA) is 61.1 Å². The maximum absolute atomic E-state index is 10.5. The first-order chi connectivity index (χ1) is 7.08. The van der Waals surface area contributed by atoms with Crippen LogP contribution in [0.2, 0.25) is 0 Å². The van der Waals surface area contributed by atoms with Crippen molar-refractivity contribution >= 4 is 34.5 Å². The van der Waals surface area contributed by atoms with Crippen LogP contribution in [0, 0.1) is 11.3 Å². The van der Waals surface area contributed by atoms with Gasteiger partial charge in [-0.25, -0.2) is 0 Å². The van der Waals surface area contributed by atoms with Crippen molar-refractivity contribution in [1.29, 1.82) is 5.26 Å². The first-order valence-electron chi connectivity index (χ1n) is 4.11. The van der Waals surface area contributed by atoms with Gasteiger partial charge in [0.25, 0.3) is 0 Å². The van der Waals surface area contributed by atoms with Crippen molar-refractivity contribution in [3.8, 4) is 6.07 Å². The lowest BCUT2D eigenvalue weighted by atomic mass is 10.0. The monoisotopic (exact) mass is 285 g/mol. The number of nitriles is 1. The molecule has 0 atom stereocenters. The number of hydrogen-bond acceptors (Lipinski definition) is 3. The first-order valence-corrected chi connectivity index (χ1v) is 5.68. The number of nitrogens with zero attached hydrogens (tertiary/aromatic N) is 1. The van der Waals surface area contributed by atoms with Gasteiger partial charge in [-0.1, -0.05) is 15.9 Å². The Morgan fingerprint density at radius 1 is 1.53 bits per heavy atom. The van der Waals surface area contributed by atoms with Crippen LogP contribution in [0.15, 0.2) is 17.0 Å².